The van der Waals surface area contributed by atoms with Gasteiger partial charge in [0, 0.05) is 18.4 Å². The molecule has 2 aromatic carbocycles. The van der Waals surface area contributed by atoms with Crippen LogP contribution in [-0.4, -0.2) is 49.5 Å². The average molecular weight is 484 g/mol. The zero-order valence-electron chi connectivity index (χ0n) is 20.2. The number of aliphatic carboxylic acids is 1. The number of fused-ring (bicyclic) bond motifs is 1. The molecule has 0 bridgehead atoms. The molecule has 0 radical (unpaired) electrons. The molecule has 188 valence electrons. The van der Waals surface area contributed by atoms with Crippen molar-refractivity contribution in [2.45, 2.75) is 51.2 Å². The predicted octanol–water partition coefficient (Wildman–Crippen LogP) is 3.72. The topological polar surface area (TPSA) is 117 Å². The minimum atomic E-state index is -1.06. The van der Waals surface area contributed by atoms with Gasteiger partial charge in [0.2, 0.25) is 6.10 Å². The molecule has 0 spiro atoms. The van der Waals surface area contributed by atoms with Crippen LogP contribution in [0, 0.1) is 0 Å². The molecule has 2 aromatic rings. The van der Waals surface area contributed by atoms with Gasteiger partial charge in [-0.25, -0.2) is 4.79 Å². The molecule has 2 unspecified atom stereocenters. The summed E-state index contributed by atoms with van der Waals surface area (Å²) in [6, 6.07) is 9.16. The molecule has 1 aliphatic heterocycles. The Bertz CT molecular complexity index is 1070. The number of allylic oxidation sites excluding steroid dienone is 1. The Labute approximate surface area is 205 Å². The predicted molar refractivity (Wildman–Crippen MR) is 131 cm³/mol. The minimum absolute atomic E-state index is 0.277. The Morgan fingerprint density at radius 1 is 1.26 bits per heavy atom. The Morgan fingerprint density at radius 2 is 2.06 bits per heavy atom. The van der Waals surface area contributed by atoms with Crippen LogP contribution in [0.25, 0.3) is 0 Å². The molecule has 8 nitrogen and oxygen atoms in total. The summed E-state index contributed by atoms with van der Waals surface area (Å²) in [5.41, 5.74) is 8.40. The summed E-state index contributed by atoms with van der Waals surface area (Å²) in [6.07, 6.45) is 3.25. The van der Waals surface area contributed by atoms with Gasteiger partial charge in [-0.05, 0) is 36.1 Å². The summed E-state index contributed by atoms with van der Waals surface area (Å²) in [5.74, 6) is -0.0189. The lowest BCUT2D eigenvalue weighted by Gasteiger charge is -2.32. The lowest BCUT2D eigenvalue weighted by Crippen LogP contribution is -2.45. The zero-order valence-corrected chi connectivity index (χ0v) is 20.2. The van der Waals surface area contributed by atoms with E-state index in [2.05, 4.69) is 13.5 Å². The Hall–Kier alpha value is -3.52. The van der Waals surface area contributed by atoms with Crippen molar-refractivity contribution in [1.29, 1.82) is 0 Å². The SMILES string of the molecule is C=CCc1c(OCCCOC2Cc3cccc(CCC)c3OC2C(=O)O)ccc(C(N)=O)c1OC. The third kappa shape index (κ3) is 6.14. The number of benzene rings is 2. The number of carboxylic acids is 1. The summed E-state index contributed by atoms with van der Waals surface area (Å²) >= 11 is 0. The van der Waals surface area contributed by atoms with Gasteiger partial charge in [0.25, 0.3) is 5.91 Å². The van der Waals surface area contributed by atoms with Gasteiger partial charge in [0.1, 0.15) is 23.4 Å². The molecular formula is C27H33NO7. The van der Waals surface area contributed by atoms with E-state index in [4.69, 9.17) is 24.7 Å². The Balaban J connectivity index is 1.62. The number of amides is 1. The van der Waals surface area contributed by atoms with Crippen molar-refractivity contribution in [2.24, 2.45) is 5.73 Å². The minimum Gasteiger partial charge on any atom is -0.495 e. The lowest BCUT2D eigenvalue weighted by atomic mass is 9.95. The summed E-state index contributed by atoms with van der Waals surface area (Å²) in [6.45, 7) is 6.46. The largest absolute Gasteiger partial charge is 0.495 e. The molecular weight excluding hydrogens is 450 g/mol. The van der Waals surface area contributed by atoms with Crippen LogP contribution in [0.15, 0.2) is 43.0 Å². The number of para-hydroxylation sites is 1. The highest BCUT2D eigenvalue weighted by molar-refractivity contribution is 5.96. The van der Waals surface area contributed by atoms with E-state index in [1.54, 1.807) is 18.2 Å². The zero-order chi connectivity index (χ0) is 25.4. The second-order valence-electron chi connectivity index (χ2n) is 8.33. The van der Waals surface area contributed by atoms with Crippen LogP contribution in [0.5, 0.6) is 17.2 Å². The maximum absolute atomic E-state index is 11.9. The van der Waals surface area contributed by atoms with E-state index in [9.17, 15) is 14.7 Å². The summed E-state index contributed by atoms with van der Waals surface area (Å²) in [7, 11) is 1.47. The van der Waals surface area contributed by atoms with E-state index in [0.717, 1.165) is 24.0 Å². The van der Waals surface area contributed by atoms with Crippen molar-refractivity contribution in [2.75, 3.05) is 20.3 Å². The molecule has 0 saturated carbocycles. The fourth-order valence-electron chi connectivity index (χ4n) is 4.28. The van der Waals surface area contributed by atoms with Gasteiger partial charge in [0.15, 0.2) is 0 Å². The number of hydrogen-bond acceptors (Lipinski definition) is 6. The molecule has 1 amide bonds. The van der Waals surface area contributed by atoms with E-state index in [1.807, 2.05) is 18.2 Å². The van der Waals surface area contributed by atoms with E-state index in [1.165, 1.54) is 7.11 Å². The van der Waals surface area contributed by atoms with Crippen LogP contribution in [-0.2, 0) is 28.8 Å². The van der Waals surface area contributed by atoms with Gasteiger partial charge in [-0.2, -0.15) is 0 Å². The fraction of sp³-hybridized carbons (Fsp3) is 0.407. The van der Waals surface area contributed by atoms with Crippen LogP contribution >= 0.6 is 0 Å². The molecule has 3 N–H and O–H groups in total. The number of hydrogen-bond donors (Lipinski definition) is 2. The van der Waals surface area contributed by atoms with Gasteiger partial charge in [0.05, 0.1) is 25.9 Å². The maximum atomic E-state index is 11.9. The van der Waals surface area contributed by atoms with E-state index < -0.39 is 24.1 Å². The number of methoxy groups -OCH3 is 1. The molecule has 0 aromatic heterocycles. The van der Waals surface area contributed by atoms with Crippen LogP contribution in [0.1, 0.15) is 46.8 Å². The van der Waals surface area contributed by atoms with Crippen molar-refractivity contribution in [3.05, 3.63) is 65.2 Å². The molecule has 35 heavy (non-hydrogen) atoms. The number of rotatable bonds is 13. The van der Waals surface area contributed by atoms with Gasteiger partial charge in [-0.1, -0.05) is 37.6 Å². The number of primary amides is 1. The maximum Gasteiger partial charge on any atom is 0.347 e. The van der Waals surface area contributed by atoms with E-state index in [-0.39, 0.29) is 5.56 Å². The lowest BCUT2D eigenvalue weighted by molar-refractivity contribution is -0.154. The fourth-order valence-corrected chi connectivity index (χ4v) is 4.28. The Kier molecular flexibility index (Phi) is 9.14. The second-order valence-corrected chi connectivity index (χ2v) is 8.33. The van der Waals surface area contributed by atoms with E-state index >= 15 is 0 Å². The molecule has 1 aliphatic rings. The highest BCUT2D eigenvalue weighted by atomic mass is 16.6. The standard InChI is InChI=1S/C27H33NO7/c1-4-8-17-10-6-11-18-16-22(25(27(30)31)35-23(17)18)34-15-7-14-33-21-13-12-20(26(28)29)24(32-3)19(21)9-5-2/h5-6,10-13,22,25H,2,4,7-9,14-16H2,1,3H3,(H2,28,29)(H,30,31). The smallest absolute Gasteiger partial charge is 0.347 e. The molecule has 8 heteroatoms. The molecule has 2 atom stereocenters. The van der Waals surface area contributed by atoms with Crippen LogP contribution in [0.4, 0.5) is 0 Å². The number of carbonyl (C=O) groups is 2. The van der Waals surface area contributed by atoms with Crippen molar-refractivity contribution < 1.29 is 33.6 Å². The normalized spacial score (nSPS) is 16.6. The highest BCUT2D eigenvalue weighted by Crippen LogP contribution is 2.34. The third-order valence-electron chi connectivity index (χ3n) is 5.86. The quantitative estimate of drug-likeness (QED) is 0.329. The Morgan fingerprint density at radius 3 is 2.71 bits per heavy atom. The first-order valence-corrected chi connectivity index (χ1v) is 11.8. The number of aryl methyl sites for hydroxylation is 1. The van der Waals surface area contributed by atoms with Crippen molar-refractivity contribution in [3.8, 4) is 17.2 Å². The van der Waals surface area contributed by atoms with E-state index in [0.29, 0.717) is 55.3 Å². The average Bonchev–Trinajstić information content (AvgIpc) is 2.84. The number of ether oxygens (including phenoxy) is 4. The first-order chi connectivity index (χ1) is 16.9. The first kappa shape index (κ1) is 26.1. The van der Waals surface area contributed by atoms with Crippen LogP contribution in [0.2, 0.25) is 0 Å². The number of nitrogens with two attached hydrogens (primary N) is 1. The number of carbonyl (C=O) groups excluding carboxylic acids is 1. The first-order valence-electron chi connectivity index (χ1n) is 11.8. The van der Waals surface area contributed by atoms with Gasteiger partial charge in [-0.3, -0.25) is 4.79 Å². The molecule has 1 heterocycles. The van der Waals surface area contributed by atoms with Gasteiger partial charge < -0.3 is 29.8 Å². The monoisotopic (exact) mass is 483 g/mol. The highest BCUT2D eigenvalue weighted by Gasteiger charge is 2.37. The number of carboxylic acid groups (broad SMARTS) is 1. The van der Waals surface area contributed by atoms with Crippen molar-refractivity contribution in [3.63, 3.8) is 0 Å². The third-order valence-corrected chi connectivity index (χ3v) is 5.86. The molecule has 0 fully saturated rings. The molecule has 0 saturated heterocycles. The summed E-state index contributed by atoms with van der Waals surface area (Å²) < 4.78 is 23.2. The van der Waals surface area contributed by atoms with Gasteiger partial charge in [-0.15, -0.1) is 6.58 Å². The van der Waals surface area contributed by atoms with Gasteiger partial charge >= 0.3 is 5.97 Å². The summed E-state index contributed by atoms with van der Waals surface area (Å²) in [4.78, 5) is 23.6. The van der Waals surface area contributed by atoms with Crippen molar-refractivity contribution >= 4 is 11.9 Å². The molecule has 3 rings (SSSR count). The second kappa shape index (κ2) is 12.3. The van der Waals surface area contributed by atoms with Crippen LogP contribution < -0.4 is 19.9 Å². The molecule has 0 aliphatic carbocycles. The van der Waals surface area contributed by atoms with Crippen LogP contribution in [0.3, 0.4) is 0 Å². The van der Waals surface area contributed by atoms with Crippen molar-refractivity contribution in [1.82, 2.24) is 0 Å². The summed E-state index contributed by atoms with van der Waals surface area (Å²) in [5, 5.41) is 9.72.